The molecule has 0 aromatic heterocycles. The van der Waals surface area contributed by atoms with Gasteiger partial charge >= 0.3 is 12.1 Å². The molecule has 0 bridgehead atoms. The van der Waals surface area contributed by atoms with Crippen molar-refractivity contribution in [1.29, 1.82) is 0 Å². The third kappa shape index (κ3) is 4.50. The van der Waals surface area contributed by atoms with Gasteiger partial charge in [-0.2, -0.15) is 0 Å². The Balaban J connectivity index is 1.43. The van der Waals surface area contributed by atoms with Crippen molar-refractivity contribution in [3.63, 3.8) is 0 Å². The Kier molecular flexibility index (Phi) is 6.88. The number of nitrogens with zero attached hydrogens (tertiary/aromatic N) is 1. The van der Waals surface area contributed by atoms with Gasteiger partial charge in [-0.25, -0.2) is 4.79 Å². The van der Waals surface area contributed by atoms with E-state index in [-0.39, 0.29) is 30.9 Å². The highest BCUT2D eigenvalue weighted by atomic mass is 16.5. The van der Waals surface area contributed by atoms with E-state index in [2.05, 4.69) is 17.4 Å². The summed E-state index contributed by atoms with van der Waals surface area (Å²) in [5.41, 5.74) is 4.45. The van der Waals surface area contributed by atoms with Crippen LogP contribution in [-0.2, 0) is 19.1 Å². The number of carboxylic acids is 1. The fraction of sp³-hybridized carbons (Fsp3) is 0.423. The second-order valence-corrected chi connectivity index (χ2v) is 9.05. The Bertz CT molecular complexity index is 1040. The van der Waals surface area contributed by atoms with E-state index >= 15 is 0 Å². The third-order valence-electron chi connectivity index (χ3n) is 6.97. The first kappa shape index (κ1) is 23.8. The predicted octanol–water partition coefficient (Wildman–Crippen LogP) is 3.11. The summed E-state index contributed by atoms with van der Waals surface area (Å²) in [5.74, 6) is -2.20. The first-order valence-electron chi connectivity index (χ1n) is 11.5. The van der Waals surface area contributed by atoms with Crippen molar-refractivity contribution in [2.45, 2.75) is 31.9 Å². The number of methoxy groups -OCH3 is 1. The zero-order chi connectivity index (χ0) is 24.4. The van der Waals surface area contributed by atoms with Crippen LogP contribution in [-0.4, -0.2) is 66.9 Å². The molecule has 2 amide bonds. The number of carbonyl (C=O) groups is 3. The van der Waals surface area contributed by atoms with Crippen LogP contribution in [0.15, 0.2) is 48.5 Å². The molecule has 1 fully saturated rings. The number of carbonyl (C=O) groups excluding carboxylic acids is 2. The number of aliphatic carboxylic acids is 1. The smallest absolute Gasteiger partial charge is 0.407 e. The molecule has 8 heteroatoms. The van der Waals surface area contributed by atoms with E-state index in [1.165, 1.54) is 12.0 Å². The van der Waals surface area contributed by atoms with Gasteiger partial charge in [0.1, 0.15) is 12.6 Å². The highest BCUT2D eigenvalue weighted by Crippen LogP contribution is 2.44. The minimum atomic E-state index is -0.986. The predicted molar refractivity (Wildman–Crippen MR) is 125 cm³/mol. The van der Waals surface area contributed by atoms with Crippen molar-refractivity contribution >= 4 is 18.0 Å². The molecule has 2 aliphatic rings. The van der Waals surface area contributed by atoms with Gasteiger partial charge < -0.3 is 24.8 Å². The minimum Gasteiger partial charge on any atom is -0.481 e. The van der Waals surface area contributed by atoms with Crippen LogP contribution in [0.3, 0.4) is 0 Å². The molecule has 4 rings (SSSR count). The number of hydrogen-bond donors (Lipinski definition) is 2. The van der Waals surface area contributed by atoms with Crippen molar-refractivity contribution in [2.75, 3.05) is 26.8 Å². The highest BCUT2D eigenvalue weighted by Gasteiger charge is 2.41. The van der Waals surface area contributed by atoms with Gasteiger partial charge in [0, 0.05) is 26.1 Å². The normalized spacial score (nSPS) is 20.9. The van der Waals surface area contributed by atoms with Gasteiger partial charge in [0.2, 0.25) is 5.91 Å². The summed E-state index contributed by atoms with van der Waals surface area (Å²) in [7, 11) is 1.46. The Morgan fingerprint density at radius 3 is 2.18 bits per heavy atom. The van der Waals surface area contributed by atoms with E-state index in [9.17, 15) is 19.5 Å². The second kappa shape index (κ2) is 9.85. The van der Waals surface area contributed by atoms with Gasteiger partial charge in [0.15, 0.2) is 0 Å². The maximum Gasteiger partial charge on any atom is 0.407 e. The molecular formula is C26H30N2O6. The summed E-state index contributed by atoms with van der Waals surface area (Å²) in [5, 5.41) is 12.0. The fourth-order valence-electron chi connectivity index (χ4n) is 4.95. The molecule has 0 radical (unpaired) electrons. The molecule has 2 aromatic rings. The summed E-state index contributed by atoms with van der Waals surface area (Å²) in [6, 6.07) is 15.1. The summed E-state index contributed by atoms with van der Waals surface area (Å²) < 4.78 is 10.9. The zero-order valence-corrected chi connectivity index (χ0v) is 19.6. The molecule has 8 nitrogen and oxygen atoms in total. The van der Waals surface area contributed by atoms with E-state index in [4.69, 9.17) is 9.47 Å². The third-order valence-corrected chi connectivity index (χ3v) is 6.97. The molecular weight excluding hydrogens is 436 g/mol. The topological polar surface area (TPSA) is 105 Å². The lowest BCUT2D eigenvalue weighted by molar-refractivity contribution is -0.142. The van der Waals surface area contributed by atoms with E-state index in [1.54, 1.807) is 13.8 Å². The number of fused-ring (bicyclic) bond motifs is 3. The number of likely N-dealkylation sites (tertiary alicyclic amines) is 1. The fourth-order valence-corrected chi connectivity index (χ4v) is 4.95. The zero-order valence-electron chi connectivity index (χ0n) is 19.6. The lowest BCUT2D eigenvalue weighted by atomic mass is 9.98. The van der Waals surface area contributed by atoms with Crippen LogP contribution in [0.5, 0.6) is 0 Å². The van der Waals surface area contributed by atoms with Crippen LogP contribution in [0.25, 0.3) is 11.1 Å². The molecule has 1 saturated heterocycles. The monoisotopic (exact) mass is 466 g/mol. The first-order chi connectivity index (χ1) is 16.3. The molecule has 2 N–H and O–H groups in total. The molecule has 180 valence electrons. The van der Waals surface area contributed by atoms with Gasteiger partial charge in [0.05, 0.1) is 12.0 Å². The number of hydrogen-bond acceptors (Lipinski definition) is 5. The van der Waals surface area contributed by atoms with E-state index in [1.807, 2.05) is 36.4 Å². The Morgan fingerprint density at radius 2 is 1.65 bits per heavy atom. The molecule has 2 aromatic carbocycles. The average Bonchev–Trinajstić information content (AvgIpc) is 3.38. The van der Waals surface area contributed by atoms with Gasteiger partial charge in [-0.1, -0.05) is 55.5 Å². The molecule has 1 heterocycles. The molecule has 1 aliphatic carbocycles. The summed E-state index contributed by atoms with van der Waals surface area (Å²) in [6.07, 6.45) is -1.33. The molecule has 4 atom stereocenters. The quantitative estimate of drug-likeness (QED) is 0.650. The van der Waals surface area contributed by atoms with Gasteiger partial charge in [-0.3, -0.25) is 9.59 Å². The van der Waals surface area contributed by atoms with Gasteiger partial charge in [-0.05, 0) is 35.1 Å². The number of alkyl carbamates (subject to hydrolysis) is 1. The van der Waals surface area contributed by atoms with Gasteiger partial charge in [-0.15, -0.1) is 0 Å². The number of amides is 2. The van der Waals surface area contributed by atoms with Crippen molar-refractivity contribution in [3.8, 4) is 11.1 Å². The number of ether oxygens (including phenoxy) is 2. The first-order valence-corrected chi connectivity index (χ1v) is 11.5. The average molecular weight is 467 g/mol. The number of rotatable bonds is 7. The van der Waals surface area contributed by atoms with Crippen LogP contribution in [0.1, 0.15) is 30.9 Å². The maximum absolute atomic E-state index is 13.2. The van der Waals surface area contributed by atoms with E-state index in [0.29, 0.717) is 6.54 Å². The summed E-state index contributed by atoms with van der Waals surface area (Å²) in [4.78, 5) is 38.9. The summed E-state index contributed by atoms with van der Waals surface area (Å²) in [6.45, 7) is 4.04. The van der Waals surface area contributed by atoms with Crippen LogP contribution >= 0.6 is 0 Å². The number of carboxylic acid groups (broad SMARTS) is 1. The van der Waals surface area contributed by atoms with Crippen LogP contribution in [0.2, 0.25) is 0 Å². The lowest BCUT2D eigenvalue weighted by Crippen LogP contribution is -2.54. The van der Waals surface area contributed by atoms with Gasteiger partial charge in [0.25, 0.3) is 0 Å². The standard InChI is InChI=1S/C26H30N2O6/c1-15-12-28(13-21(15)25(30)31)24(29)23(16(2)33-3)27-26(32)34-14-22-19-10-6-4-8-17(19)18-9-5-7-11-20(18)22/h4-11,15-16,21-23H,12-14H2,1-3H3,(H,27,32)(H,30,31)/t15?,16-,21?,23+/m1/s1. The molecule has 0 saturated carbocycles. The van der Waals surface area contributed by atoms with Crippen molar-refractivity contribution < 1.29 is 29.0 Å². The highest BCUT2D eigenvalue weighted by molar-refractivity contribution is 5.87. The molecule has 0 spiro atoms. The van der Waals surface area contributed by atoms with Crippen LogP contribution < -0.4 is 5.32 Å². The molecule has 34 heavy (non-hydrogen) atoms. The van der Waals surface area contributed by atoms with Crippen LogP contribution in [0, 0.1) is 11.8 Å². The Morgan fingerprint density at radius 1 is 1.06 bits per heavy atom. The van der Waals surface area contributed by atoms with Crippen molar-refractivity contribution in [2.24, 2.45) is 11.8 Å². The van der Waals surface area contributed by atoms with Crippen molar-refractivity contribution in [1.82, 2.24) is 10.2 Å². The second-order valence-electron chi connectivity index (χ2n) is 9.05. The molecule has 1 aliphatic heterocycles. The Labute approximate surface area is 198 Å². The van der Waals surface area contributed by atoms with Crippen molar-refractivity contribution in [3.05, 3.63) is 59.7 Å². The van der Waals surface area contributed by atoms with E-state index in [0.717, 1.165) is 22.3 Å². The maximum atomic E-state index is 13.2. The SMILES string of the molecule is CO[C@H](C)[C@H](NC(=O)OCC1c2ccccc2-c2ccccc21)C(=O)N1CC(C)C(C(=O)O)C1. The number of benzene rings is 2. The van der Waals surface area contributed by atoms with Crippen LogP contribution in [0.4, 0.5) is 4.79 Å². The summed E-state index contributed by atoms with van der Waals surface area (Å²) >= 11 is 0. The molecule has 2 unspecified atom stereocenters. The number of nitrogens with one attached hydrogen (secondary N) is 1. The van der Waals surface area contributed by atoms with E-state index < -0.39 is 30.1 Å². The largest absolute Gasteiger partial charge is 0.481 e. The minimum absolute atomic E-state index is 0.0945. The Hall–Kier alpha value is -3.39. The lowest BCUT2D eigenvalue weighted by Gasteiger charge is -2.28.